The standard InChI is InChI=1S/C22H18ClNO3/c1-15(27-18-11-7-10-17(23)14-18)22(26)24-20-13-6-5-12-19(20)21(25)16-8-3-2-4-9-16/h2-15H,1H3,(H,24,26)/t15-/m0/s1. The summed E-state index contributed by atoms with van der Waals surface area (Å²) < 4.78 is 5.63. The van der Waals surface area contributed by atoms with Gasteiger partial charge in [0.15, 0.2) is 11.9 Å². The molecule has 0 aromatic heterocycles. The van der Waals surface area contributed by atoms with Crippen molar-refractivity contribution in [2.24, 2.45) is 0 Å². The molecule has 0 saturated carbocycles. The number of anilines is 1. The summed E-state index contributed by atoms with van der Waals surface area (Å²) in [5, 5.41) is 3.30. The maximum Gasteiger partial charge on any atom is 0.265 e. The Morgan fingerprint density at radius 1 is 0.926 bits per heavy atom. The van der Waals surface area contributed by atoms with Gasteiger partial charge >= 0.3 is 0 Å². The summed E-state index contributed by atoms with van der Waals surface area (Å²) >= 11 is 5.93. The first-order valence-corrected chi connectivity index (χ1v) is 8.84. The molecular formula is C22H18ClNO3. The number of para-hydroxylation sites is 1. The van der Waals surface area contributed by atoms with Gasteiger partial charge in [-0.2, -0.15) is 0 Å². The van der Waals surface area contributed by atoms with Gasteiger partial charge in [0.25, 0.3) is 5.91 Å². The van der Waals surface area contributed by atoms with E-state index >= 15 is 0 Å². The van der Waals surface area contributed by atoms with Gasteiger partial charge in [-0.15, -0.1) is 0 Å². The first kappa shape index (κ1) is 18.7. The molecule has 0 aliphatic carbocycles. The number of carbonyl (C=O) groups excluding carboxylic acids is 2. The molecule has 0 heterocycles. The quantitative estimate of drug-likeness (QED) is 0.615. The van der Waals surface area contributed by atoms with E-state index in [0.717, 1.165) is 0 Å². The fourth-order valence-corrected chi connectivity index (χ4v) is 2.75. The summed E-state index contributed by atoms with van der Waals surface area (Å²) in [6, 6.07) is 22.7. The van der Waals surface area contributed by atoms with Gasteiger partial charge in [0.05, 0.1) is 5.69 Å². The number of nitrogens with one attached hydrogen (secondary N) is 1. The molecule has 3 aromatic carbocycles. The predicted octanol–water partition coefficient (Wildman–Crippen LogP) is 4.98. The second-order valence-corrected chi connectivity index (χ2v) is 6.38. The number of hydrogen-bond acceptors (Lipinski definition) is 3. The van der Waals surface area contributed by atoms with Crippen LogP contribution >= 0.6 is 11.6 Å². The zero-order valence-electron chi connectivity index (χ0n) is 14.7. The van der Waals surface area contributed by atoms with Gasteiger partial charge in [-0.1, -0.05) is 60.1 Å². The van der Waals surface area contributed by atoms with Gasteiger partial charge in [0.2, 0.25) is 0 Å². The summed E-state index contributed by atoms with van der Waals surface area (Å²) in [7, 11) is 0. The molecular weight excluding hydrogens is 362 g/mol. The fraction of sp³-hybridized carbons (Fsp3) is 0.0909. The third-order valence-electron chi connectivity index (χ3n) is 3.94. The lowest BCUT2D eigenvalue weighted by atomic mass is 10.0. The van der Waals surface area contributed by atoms with Gasteiger partial charge in [0, 0.05) is 16.1 Å². The number of rotatable bonds is 6. The molecule has 0 aliphatic rings. The van der Waals surface area contributed by atoms with E-state index in [4.69, 9.17) is 16.3 Å². The molecule has 3 rings (SSSR count). The van der Waals surface area contributed by atoms with E-state index in [1.54, 1.807) is 79.7 Å². The van der Waals surface area contributed by atoms with Crippen molar-refractivity contribution in [1.29, 1.82) is 0 Å². The molecule has 0 spiro atoms. The van der Waals surface area contributed by atoms with Crippen LogP contribution in [0.25, 0.3) is 0 Å². The number of hydrogen-bond donors (Lipinski definition) is 1. The van der Waals surface area contributed by atoms with Crippen molar-refractivity contribution in [1.82, 2.24) is 0 Å². The molecule has 0 unspecified atom stereocenters. The van der Waals surface area contributed by atoms with Crippen molar-refractivity contribution in [2.75, 3.05) is 5.32 Å². The van der Waals surface area contributed by atoms with Crippen LogP contribution in [0.2, 0.25) is 5.02 Å². The summed E-state index contributed by atoms with van der Waals surface area (Å²) in [5.74, 6) is -0.0167. The first-order chi connectivity index (χ1) is 13.0. The van der Waals surface area contributed by atoms with E-state index in [9.17, 15) is 9.59 Å². The third-order valence-corrected chi connectivity index (χ3v) is 4.18. The van der Waals surface area contributed by atoms with Crippen LogP contribution in [0.4, 0.5) is 5.69 Å². The van der Waals surface area contributed by atoms with Crippen LogP contribution in [0.3, 0.4) is 0 Å². The Bertz CT molecular complexity index is 957. The van der Waals surface area contributed by atoms with E-state index in [-0.39, 0.29) is 11.7 Å². The van der Waals surface area contributed by atoms with Gasteiger partial charge < -0.3 is 10.1 Å². The van der Waals surface area contributed by atoms with Crippen molar-refractivity contribution in [3.05, 3.63) is 95.0 Å². The number of ketones is 1. The largest absolute Gasteiger partial charge is 0.481 e. The molecule has 0 saturated heterocycles. The lowest BCUT2D eigenvalue weighted by Crippen LogP contribution is -2.30. The molecule has 1 atom stereocenters. The fourth-order valence-electron chi connectivity index (χ4n) is 2.57. The highest BCUT2D eigenvalue weighted by molar-refractivity contribution is 6.30. The van der Waals surface area contributed by atoms with Crippen LogP contribution in [-0.4, -0.2) is 17.8 Å². The van der Waals surface area contributed by atoms with E-state index in [2.05, 4.69) is 5.32 Å². The second-order valence-electron chi connectivity index (χ2n) is 5.95. The van der Waals surface area contributed by atoms with Crippen LogP contribution in [0.1, 0.15) is 22.8 Å². The van der Waals surface area contributed by atoms with Crippen LogP contribution in [-0.2, 0) is 4.79 Å². The zero-order chi connectivity index (χ0) is 19.2. The Hall–Kier alpha value is -3.11. The van der Waals surface area contributed by atoms with Crippen LogP contribution < -0.4 is 10.1 Å². The number of halogens is 1. The van der Waals surface area contributed by atoms with E-state index in [0.29, 0.717) is 27.6 Å². The van der Waals surface area contributed by atoms with Gasteiger partial charge in [-0.25, -0.2) is 0 Å². The number of benzene rings is 3. The minimum Gasteiger partial charge on any atom is -0.481 e. The molecule has 0 bridgehead atoms. The van der Waals surface area contributed by atoms with Crippen LogP contribution in [0.5, 0.6) is 5.75 Å². The number of carbonyl (C=O) groups is 2. The van der Waals surface area contributed by atoms with E-state index < -0.39 is 6.10 Å². The number of ether oxygens (including phenoxy) is 1. The van der Waals surface area contributed by atoms with E-state index in [1.165, 1.54) is 0 Å². The van der Waals surface area contributed by atoms with Gasteiger partial charge in [-0.05, 0) is 37.3 Å². The molecule has 5 heteroatoms. The minimum atomic E-state index is -0.761. The Labute approximate surface area is 162 Å². The molecule has 3 aromatic rings. The van der Waals surface area contributed by atoms with Gasteiger partial charge in [-0.3, -0.25) is 9.59 Å². The minimum absolute atomic E-state index is 0.157. The molecule has 1 amide bonds. The zero-order valence-corrected chi connectivity index (χ0v) is 15.4. The second kappa shape index (κ2) is 8.52. The van der Waals surface area contributed by atoms with E-state index in [1.807, 2.05) is 6.07 Å². The molecule has 27 heavy (non-hydrogen) atoms. The lowest BCUT2D eigenvalue weighted by molar-refractivity contribution is -0.122. The Balaban J connectivity index is 1.75. The average Bonchev–Trinajstić information content (AvgIpc) is 2.68. The monoisotopic (exact) mass is 379 g/mol. The highest BCUT2D eigenvalue weighted by Crippen LogP contribution is 2.21. The SMILES string of the molecule is C[C@H](Oc1cccc(Cl)c1)C(=O)Nc1ccccc1C(=O)c1ccccc1. The first-order valence-electron chi connectivity index (χ1n) is 8.46. The van der Waals surface area contributed by atoms with Crippen LogP contribution in [0, 0.1) is 0 Å². The maximum absolute atomic E-state index is 12.7. The molecule has 1 N–H and O–H groups in total. The molecule has 0 radical (unpaired) electrons. The summed E-state index contributed by atoms with van der Waals surface area (Å²) in [6.07, 6.45) is -0.761. The molecule has 0 fully saturated rings. The molecule has 4 nitrogen and oxygen atoms in total. The Morgan fingerprint density at radius 2 is 1.63 bits per heavy atom. The van der Waals surface area contributed by atoms with Crippen molar-refractivity contribution in [3.8, 4) is 5.75 Å². The summed E-state index contributed by atoms with van der Waals surface area (Å²) in [5.41, 5.74) is 1.42. The Kier molecular flexibility index (Phi) is 5.89. The smallest absolute Gasteiger partial charge is 0.265 e. The van der Waals surface area contributed by atoms with Gasteiger partial charge in [0.1, 0.15) is 5.75 Å². The van der Waals surface area contributed by atoms with Crippen molar-refractivity contribution >= 4 is 29.0 Å². The molecule has 136 valence electrons. The summed E-state index contributed by atoms with van der Waals surface area (Å²) in [4.78, 5) is 25.3. The highest BCUT2D eigenvalue weighted by Gasteiger charge is 2.19. The van der Waals surface area contributed by atoms with Crippen LogP contribution in [0.15, 0.2) is 78.9 Å². The predicted molar refractivity (Wildman–Crippen MR) is 106 cm³/mol. The average molecular weight is 380 g/mol. The topological polar surface area (TPSA) is 55.4 Å². The summed E-state index contributed by atoms with van der Waals surface area (Å²) in [6.45, 7) is 1.64. The Morgan fingerprint density at radius 3 is 2.37 bits per heavy atom. The highest BCUT2D eigenvalue weighted by atomic mass is 35.5. The maximum atomic E-state index is 12.7. The third kappa shape index (κ3) is 4.74. The van der Waals surface area contributed by atoms with Crippen molar-refractivity contribution in [2.45, 2.75) is 13.0 Å². The lowest BCUT2D eigenvalue weighted by Gasteiger charge is -2.16. The van der Waals surface area contributed by atoms with Crippen molar-refractivity contribution < 1.29 is 14.3 Å². The number of amides is 1. The normalized spacial score (nSPS) is 11.5. The van der Waals surface area contributed by atoms with Crippen molar-refractivity contribution in [3.63, 3.8) is 0 Å². The molecule has 0 aliphatic heterocycles.